The lowest BCUT2D eigenvalue weighted by molar-refractivity contribution is -0.142. The third-order valence-corrected chi connectivity index (χ3v) is 5.29. The van der Waals surface area contributed by atoms with Gasteiger partial charge in [0, 0.05) is 25.0 Å². The second-order valence-electron chi connectivity index (χ2n) is 8.50. The van der Waals surface area contributed by atoms with Gasteiger partial charge in [-0.05, 0) is 36.5 Å². The first-order valence-electron chi connectivity index (χ1n) is 9.70. The van der Waals surface area contributed by atoms with Gasteiger partial charge in [0.25, 0.3) is 0 Å². The van der Waals surface area contributed by atoms with Gasteiger partial charge in [-0.25, -0.2) is 4.39 Å². The number of benzene rings is 1. The van der Waals surface area contributed by atoms with Gasteiger partial charge in [-0.15, -0.1) is 0 Å². The lowest BCUT2D eigenvalue weighted by Crippen LogP contribution is -2.43. The monoisotopic (exact) mass is 376 g/mol. The maximum Gasteiger partial charge on any atom is 0.242 e. The molecule has 6 heteroatoms. The number of amides is 2. The summed E-state index contributed by atoms with van der Waals surface area (Å²) in [7, 11) is 0. The number of carbonyl (C=O) groups excluding carboxylic acids is 2. The van der Waals surface area contributed by atoms with Gasteiger partial charge in [0.2, 0.25) is 11.8 Å². The Morgan fingerprint density at radius 3 is 2.70 bits per heavy atom. The van der Waals surface area contributed by atoms with Crippen LogP contribution in [-0.4, -0.2) is 53.9 Å². The number of hydrogen-bond acceptors (Lipinski definition) is 3. The molecule has 1 saturated carbocycles. The molecule has 0 unspecified atom stereocenters. The molecule has 0 radical (unpaired) electrons. The minimum atomic E-state index is -0.319. The summed E-state index contributed by atoms with van der Waals surface area (Å²) in [6, 6.07) is 6.31. The average Bonchev–Trinajstić information content (AvgIpc) is 3.37. The average molecular weight is 376 g/mol. The van der Waals surface area contributed by atoms with E-state index < -0.39 is 0 Å². The van der Waals surface area contributed by atoms with Crippen LogP contribution < -0.4 is 0 Å². The predicted octanol–water partition coefficient (Wildman–Crippen LogP) is 2.84. The molecule has 27 heavy (non-hydrogen) atoms. The van der Waals surface area contributed by atoms with E-state index >= 15 is 0 Å². The fraction of sp³-hybridized carbons (Fsp3) is 0.619. The zero-order valence-corrected chi connectivity index (χ0v) is 16.4. The highest BCUT2D eigenvalue weighted by molar-refractivity contribution is 5.89. The summed E-state index contributed by atoms with van der Waals surface area (Å²) >= 11 is 0. The largest absolute Gasteiger partial charge is 0.370 e. The lowest BCUT2D eigenvalue weighted by atomic mass is 10.1. The molecule has 2 fully saturated rings. The molecule has 1 atom stereocenters. The highest BCUT2D eigenvalue weighted by Gasteiger charge is 2.48. The van der Waals surface area contributed by atoms with Crippen LogP contribution >= 0.6 is 0 Å². The molecule has 0 N–H and O–H groups in total. The molecule has 1 aromatic rings. The van der Waals surface area contributed by atoms with Crippen LogP contribution in [-0.2, 0) is 20.9 Å². The van der Waals surface area contributed by atoms with Gasteiger partial charge < -0.3 is 14.5 Å². The Kier molecular flexibility index (Phi) is 5.84. The second kappa shape index (κ2) is 7.97. The van der Waals surface area contributed by atoms with Crippen LogP contribution in [0.5, 0.6) is 0 Å². The van der Waals surface area contributed by atoms with Crippen LogP contribution in [0.25, 0.3) is 0 Å². The molecule has 148 valence electrons. The van der Waals surface area contributed by atoms with Gasteiger partial charge >= 0.3 is 0 Å². The highest BCUT2D eigenvalue weighted by atomic mass is 19.1. The number of carbonyl (C=O) groups is 2. The van der Waals surface area contributed by atoms with Crippen LogP contribution in [0.15, 0.2) is 24.3 Å². The Labute approximate surface area is 160 Å². The predicted molar refractivity (Wildman–Crippen MR) is 100 cm³/mol. The van der Waals surface area contributed by atoms with Gasteiger partial charge in [-0.1, -0.05) is 32.9 Å². The molecule has 1 saturated heterocycles. The number of nitrogens with zero attached hydrogens (tertiary/aromatic N) is 2. The first-order chi connectivity index (χ1) is 12.8. The molecule has 5 nitrogen and oxygen atoms in total. The molecular weight excluding hydrogens is 347 g/mol. The fourth-order valence-electron chi connectivity index (χ4n) is 3.48. The summed E-state index contributed by atoms with van der Waals surface area (Å²) in [6.07, 6.45) is 1.46. The number of ether oxygens (including phenoxy) is 1. The summed E-state index contributed by atoms with van der Waals surface area (Å²) in [5.74, 6) is 0.0489. The van der Waals surface area contributed by atoms with Crippen LogP contribution in [0, 0.1) is 17.2 Å². The quantitative estimate of drug-likeness (QED) is 0.767. The first-order valence-corrected chi connectivity index (χ1v) is 9.70. The van der Waals surface area contributed by atoms with E-state index in [1.807, 2.05) is 13.0 Å². The molecule has 3 rings (SSSR count). The molecule has 1 heterocycles. The Hall–Kier alpha value is -1.95. The van der Waals surface area contributed by atoms with Gasteiger partial charge in [0.15, 0.2) is 0 Å². The topological polar surface area (TPSA) is 49.9 Å². The Morgan fingerprint density at radius 1 is 1.33 bits per heavy atom. The van der Waals surface area contributed by atoms with E-state index in [2.05, 4.69) is 13.8 Å². The third-order valence-electron chi connectivity index (χ3n) is 5.29. The van der Waals surface area contributed by atoms with Crippen molar-refractivity contribution in [1.82, 2.24) is 9.80 Å². The van der Waals surface area contributed by atoms with Crippen molar-refractivity contribution >= 4 is 11.8 Å². The second-order valence-corrected chi connectivity index (χ2v) is 8.50. The Bertz CT molecular complexity index is 702. The smallest absolute Gasteiger partial charge is 0.242 e. The fourth-order valence-corrected chi connectivity index (χ4v) is 3.48. The molecule has 1 aliphatic heterocycles. The van der Waals surface area contributed by atoms with Crippen molar-refractivity contribution in [3.05, 3.63) is 35.6 Å². The van der Waals surface area contributed by atoms with E-state index in [-0.39, 0.29) is 42.3 Å². The maximum atomic E-state index is 13.4. The van der Waals surface area contributed by atoms with Gasteiger partial charge in [0.1, 0.15) is 5.82 Å². The zero-order valence-electron chi connectivity index (χ0n) is 16.4. The summed E-state index contributed by atoms with van der Waals surface area (Å²) in [6.45, 7) is 7.93. The number of hydrogen-bond donors (Lipinski definition) is 0. The first kappa shape index (κ1) is 19.8. The molecule has 1 aliphatic carbocycles. The van der Waals surface area contributed by atoms with E-state index in [1.54, 1.807) is 15.9 Å². The zero-order chi connectivity index (χ0) is 19.6. The van der Waals surface area contributed by atoms with Gasteiger partial charge in [-0.2, -0.15) is 0 Å². The molecule has 2 aliphatic rings. The summed E-state index contributed by atoms with van der Waals surface area (Å²) in [4.78, 5) is 29.0. The summed E-state index contributed by atoms with van der Waals surface area (Å²) in [5, 5.41) is 0. The van der Waals surface area contributed by atoms with Crippen LogP contribution in [0.3, 0.4) is 0 Å². The van der Waals surface area contributed by atoms with Crippen molar-refractivity contribution in [3.63, 3.8) is 0 Å². The van der Waals surface area contributed by atoms with E-state index in [1.165, 1.54) is 12.1 Å². The highest BCUT2D eigenvalue weighted by Crippen LogP contribution is 2.46. The number of halogens is 1. The molecular formula is C21H29FN2O3. The molecule has 2 amide bonds. The standard InChI is InChI=1S/C21H29FN2O3/c1-15(2)10-23-11-18(27-14-16-5-4-6-17(22)9-16)12-24(13-19(23)25)20(26)21(3)7-8-21/h4-6,9,15,18H,7-8,10-14H2,1-3H3/t18-/m1/s1. The van der Waals surface area contributed by atoms with E-state index in [9.17, 15) is 14.0 Å². The maximum absolute atomic E-state index is 13.4. The van der Waals surface area contributed by atoms with Crippen molar-refractivity contribution in [1.29, 1.82) is 0 Å². The summed E-state index contributed by atoms with van der Waals surface area (Å²) < 4.78 is 19.4. The lowest BCUT2D eigenvalue weighted by Gasteiger charge is -2.26. The van der Waals surface area contributed by atoms with Crippen molar-refractivity contribution in [2.45, 2.75) is 46.3 Å². The van der Waals surface area contributed by atoms with Crippen LogP contribution in [0.2, 0.25) is 0 Å². The SMILES string of the molecule is CC(C)CN1C[C@@H](OCc2cccc(F)c2)CN(C(=O)C2(C)CC2)CC1=O. The van der Waals surface area contributed by atoms with E-state index in [4.69, 9.17) is 4.74 Å². The molecule has 1 aromatic carbocycles. The third kappa shape index (κ3) is 5.06. The van der Waals surface area contributed by atoms with Crippen molar-refractivity contribution in [2.75, 3.05) is 26.2 Å². The molecule has 0 spiro atoms. The minimum Gasteiger partial charge on any atom is -0.370 e. The summed E-state index contributed by atoms with van der Waals surface area (Å²) in [5.41, 5.74) is 0.425. The van der Waals surface area contributed by atoms with E-state index in [0.29, 0.717) is 25.6 Å². The van der Waals surface area contributed by atoms with Crippen molar-refractivity contribution in [2.24, 2.45) is 11.3 Å². The van der Waals surface area contributed by atoms with Crippen molar-refractivity contribution in [3.8, 4) is 0 Å². The van der Waals surface area contributed by atoms with Crippen LogP contribution in [0.4, 0.5) is 4.39 Å². The Morgan fingerprint density at radius 2 is 2.07 bits per heavy atom. The van der Waals surface area contributed by atoms with E-state index in [0.717, 1.165) is 18.4 Å². The molecule has 0 aromatic heterocycles. The number of rotatable bonds is 6. The van der Waals surface area contributed by atoms with Gasteiger partial charge in [0.05, 0.1) is 19.3 Å². The normalized spacial score (nSPS) is 22.1. The Balaban J connectivity index is 1.72. The minimum absolute atomic E-state index is 0.0295. The molecule has 0 bridgehead atoms. The van der Waals surface area contributed by atoms with Crippen molar-refractivity contribution < 1.29 is 18.7 Å². The van der Waals surface area contributed by atoms with Gasteiger partial charge in [-0.3, -0.25) is 9.59 Å². The van der Waals surface area contributed by atoms with Crippen LogP contribution in [0.1, 0.15) is 39.2 Å².